The predicted molar refractivity (Wildman–Crippen MR) is 164 cm³/mol. The van der Waals surface area contributed by atoms with E-state index >= 15 is 0 Å². The average Bonchev–Trinajstić information content (AvgIpc) is 3.80. The molecule has 3 aliphatic rings. The predicted octanol–water partition coefficient (Wildman–Crippen LogP) is 5.86. The molecule has 1 saturated heterocycles. The third kappa shape index (κ3) is 6.07. The molecule has 2 amide bonds. The average molecular weight is 604 g/mol. The molecule has 2 aliphatic carbocycles. The quantitative estimate of drug-likeness (QED) is 0.302. The van der Waals surface area contributed by atoms with Gasteiger partial charge < -0.3 is 19.9 Å². The molecule has 0 spiro atoms. The largest absolute Gasteiger partial charge is 0.489 e. The van der Waals surface area contributed by atoms with Crippen molar-refractivity contribution < 1.29 is 23.9 Å². The highest BCUT2D eigenvalue weighted by atomic mass is 35.5. The number of likely N-dealkylation sites (tertiary alicyclic amines) is 1. The van der Waals surface area contributed by atoms with Gasteiger partial charge in [0.1, 0.15) is 29.9 Å². The molecule has 5 unspecified atom stereocenters. The molecule has 226 valence electrons. The van der Waals surface area contributed by atoms with Gasteiger partial charge in [0.2, 0.25) is 5.91 Å². The SMILES string of the molecule is CCC(=O)C(CC1CCCC1=O)NC(=O)C1C2CCCC2CN1C(=O)c1cc2c(Cl)cc(OCc3ccccc3)cc2[nH]1. The van der Waals surface area contributed by atoms with Crippen molar-refractivity contribution in [3.05, 3.63) is 64.8 Å². The van der Waals surface area contributed by atoms with Gasteiger partial charge >= 0.3 is 0 Å². The fourth-order valence-corrected chi connectivity index (χ4v) is 7.57. The van der Waals surface area contributed by atoms with Crippen LogP contribution < -0.4 is 10.1 Å². The second-order valence-corrected chi connectivity index (χ2v) is 12.7. The Bertz CT molecular complexity index is 1540. The van der Waals surface area contributed by atoms with Gasteiger partial charge in [-0.3, -0.25) is 19.2 Å². The molecule has 1 aliphatic heterocycles. The molecular weight excluding hydrogens is 566 g/mol. The van der Waals surface area contributed by atoms with E-state index in [2.05, 4.69) is 10.3 Å². The van der Waals surface area contributed by atoms with Gasteiger partial charge in [0.05, 0.1) is 16.6 Å². The third-order valence-electron chi connectivity index (χ3n) is 9.56. The number of nitrogens with zero attached hydrogens (tertiary/aromatic N) is 1. The Labute approximate surface area is 256 Å². The van der Waals surface area contributed by atoms with Crippen LogP contribution in [0.25, 0.3) is 10.9 Å². The lowest BCUT2D eigenvalue weighted by atomic mass is 9.91. The molecule has 9 heteroatoms. The maximum atomic E-state index is 14.0. The van der Waals surface area contributed by atoms with Gasteiger partial charge in [-0.15, -0.1) is 0 Å². The van der Waals surface area contributed by atoms with Gasteiger partial charge in [-0.1, -0.05) is 55.3 Å². The van der Waals surface area contributed by atoms with Gasteiger partial charge in [-0.05, 0) is 61.6 Å². The number of carbonyl (C=O) groups excluding carboxylic acids is 4. The van der Waals surface area contributed by atoms with Crippen molar-refractivity contribution in [2.75, 3.05) is 6.54 Å². The number of hydrogen-bond donors (Lipinski definition) is 2. The van der Waals surface area contributed by atoms with Gasteiger partial charge in [-0.2, -0.15) is 0 Å². The first-order valence-electron chi connectivity index (χ1n) is 15.5. The minimum atomic E-state index is -0.719. The Balaban J connectivity index is 1.22. The number of hydrogen-bond acceptors (Lipinski definition) is 5. The lowest BCUT2D eigenvalue weighted by Gasteiger charge is -2.29. The molecule has 2 saturated carbocycles. The van der Waals surface area contributed by atoms with Gasteiger partial charge in [0.15, 0.2) is 5.78 Å². The zero-order chi connectivity index (χ0) is 30.1. The minimum Gasteiger partial charge on any atom is -0.489 e. The van der Waals surface area contributed by atoms with Crippen LogP contribution in [0.15, 0.2) is 48.5 Å². The number of Topliss-reactive ketones (excluding diaryl/α,β-unsaturated/α-hetero) is 2. The summed E-state index contributed by atoms with van der Waals surface area (Å²) in [4.78, 5) is 58.0. The first-order valence-corrected chi connectivity index (χ1v) is 15.9. The molecule has 5 atom stereocenters. The van der Waals surface area contributed by atoms with Crippen LogP contribution in [-0.4, -0.2) is 51.9 Å². The molecule has 6 rings (SSSR count). The Morgan fingerprint density at radius 3 is 2.65 bits per heavy atom. The summed E-state index contributed by atoms with van der Waals surface area (Å²) in [6, 6.07) is 13.7. The Morgan fingerprint density at radius 1 is 1.09 bits per heavy atom. The van der Waals surface area contributed by atoms with Crippen molar-refractivity contribution in [2.24, 2.45) is 17.8 Å². The summed E-state index contributed by atoms with van der Waals surface area (Å²) in [5, 5.41) is 4.16. The van der Waals surface area contributed by atoms with Crippen molar-refractivity contribution in [3.63, 3.8) is 0 Å². The highest BCUT2D eigenvalue weighted by molar-refractivity contribution is 6.35. The minimum absolute atomic E-state index is 0.0420. The van der Waals surface area contributed by atoms with E-state index in [0.717, 1.165) is 37.7 Å². The summed E-state index contributed by atoms with van der Waals surface area (Å²) in [6.07, 6.45) is 5.57. The van der Waals surface area contributed by atoms with E-state index in [9.17, 15) is 19.2 Å². The molecule has 3 aromatic rings. The van der Waals surface area contributed by atoms with E-state index in [4.69, 9.17) is 16.3 Å². The number of benzene rings is 2. The topological polar surface area (TPSA) is 109 Å². The molecule has 0 bridgehead atoms. The molecule has 1 aromatic heterocycles. The molecule has 43 heavy (non-hydrogen) atoms. The summed E-state index contributed by atoms with van der Waals surface area (Å²) < 4.78 is 5.97. The summed E-state index contributed by atoms with van der Waals surface area (Å²) in [5.74, 6) is 0.193. The van der Waals surface area contributed by atoms with E-state index in [1.54, 1.807) is 24.0 Å². The van der Waals surface area contributed by atoms with Gasteiger partial charge in [0, 0.05) is 36.8 Å². The monoisotopic (exact) mass is 603 g/mol. The summed E-state index contributed by atoms with van der Waals surface area (Å²) in [7, 11) is 0. The molecule has 2 N–H and O–H groups in total. The fraction of sp³-hybridized carbons (Fsp3) is 0.471. The lowest BCUT2D eigenvalue weighted by molar-refractivity contribution is -0.131. The summed E-state index contributed by atoms with van der Waals surface area (Å²) >= 11 is 6.61. The van der Waals surface area contributed by atoms with Crippen LogP contribution in [0.3, 0.4) is 0 Å². The smallest absolute Gasteiger partial charge is 0.271 e. The third-order valence-corrected chi connectivity index (χ3v) is 9.88. The normalized spacial score (nSPS) is 23.9. The first-order chi connectivity index (χ1) is 20.8. The molecule has 0 radical (unpaired) electrons. The van der Waals surface area contributed by atoms with Crippen LogP contribution in [0.1, 0.15) is 74.3 Å². The standard InChI is InChI=1S/C34H38ClN3O5/c1-2-30(39)28(14-21-10-7-13-31(21)40)37-33(41)32-24-12-6-11-22(24)18-38(32)34(42)29-17-25-26(35)15-23(16-27(25)36-29)43-19-20-8-4-3-5-9-20/h3-5,8-9,15-17,21-22,24,28,32,36H,2,6-7,10-14,18-19H2,1H3,(H,37,41). The molecule has 2 aromatic carbocycles. The maximum absolute atomic E-state index is 14.0. The molecule has 8 nitrogen and oxygen atoms in total. The van der Waals surface area contributed by atoms with E-state index < -0.39 is 12.1 Å². The van der Waals surface area contributed by atoms with Crippen LogP contribution in [-0.2, 0) is 21.0 Å². The zero-order valence-corrected chi connectivity index (χ0v) is 25.2. The van der Waals surface area contributed by atoms with Gasteiger partial charge in [0.25, 0.3) is 5.91 Å². The van der Waals surface area contributed by atoms with Crippen LogP contribution in [0, 0.1) is 17.8 Å². The second-order valence-electron chi connectivity index (χ2n) is 12.3. The first kappa shape index (κ1) is 29.4. The van der Waals surface area contributed by atoms with Crippen LogP contribution in [0.5, 0.6) is 5.75 Å². The molecule has 2 heterocycles. The lowest BCUT2D eigenvalue weighted by Crippen LogP contribution is -2.53. The molecular formula is C34H38ClN3O5. The number of aromatic amines is 1. The number of amides is 2. The van der Waals surface area contributed by atoms with Crippen molar-refractivity contribution in [1.29, 1.82) is 0 Å². The number of carbonyl (C=O) groups is 4. The number of ether oxygens (including phenoxy) is 1. The van der Waals surface area contributed by atoms with Crippen molar-refractivity contribution in [1.82, 2.24) is 15.2 Å². The van der Waals surface area contributed by atoms with Crippen LogP contribution >= 0.6 is 11.6 Å². The van der Waals surface area contributed by atoms with Crippen molar-refractivity contribution in [2.45, 2.75) is 77.0 Å². The number of halogens is 1. The van der Waals surface area contributed by atoms with Crippen molar-refractivity contribution >= 4 is 45.9 Å². The van der Waals surface area contributed by atoms with E-state index in [1.807, 2.05) is 36.4 Å². The number of fused-ring (bicyclic) bond motifs is 2. The van der Waals surface area contributed by atoms with E-state index in [-0.39, 0.29) is 47.6 Å². The maximum Gasteiger partial charge on any atom is 0.271 e. The zero-order valence-electron chi connectivity index (χ0n) is 24.4. The van der Waals surface area contributed by atoms with Crippen LogP contribution in [0.2, 0.25) is 5.02 Å². The number of nitrogens with one attached hydrogen (secondary N) is 2. The highest BCUT2D eigenvalue weighted by Crippen LogP contribution is 2.43. The number of H-pyrrole nitrogens is 1. The van der Waals surface area contributed by atoms with E-state index in [0.29, 0.717) is 53.4 Å². The van der Waals surface area contributed by atoms with E-state index in [1.165, 1.54) is 0 Å². The van der Waals surface area contributed by atoms with Crippen molar-refractivity contribution in [3.8, 4) is 5.75 Å². The van der Waals surface area contributed by atoms with Gasteiger partial charge in [-0.25, -0.2) is 0 Å². The summed E-state index contributed by atoms with van der Waals surface area (Å²) in [6.45, 7) is 2.65. The Kier molecular flexibility index (Phi) is 8.57. The Hall–Kier alpha value is -3.65. The van der Waals surface area contributed by atoms with Crippen LogP contribution in [0.4, 0.5) is 0 Å². The number of rotatable bonds is 10. The Morgan fingerprint density at radius 2 is 1.91 bits per heavy atom. The number of ketones is 2. The second kappa shape index (κ2) is 12.5. The summed E-state index contributed by atoms with van der Waals surface area (Å²) in [5.41, 5.74) is 2.06. The molecule has 3 fully saturated rings. The highest BCUT2D eigenvalue weighted by Gasteiger charge is 2.50. The number of aromatic nitrogens is 1. The fourth-order valence-electron chi connectivity index (χ4n) is 7.31.